The number of aryl methyl sites for hydroxylation is 1. The van der Waals surface area contributed by atoms with Crippen LogP contribution in [0.4, 0.5) is 0 Å². The van der Waals surface area contributed by atoms with Gasteiger partial charge in [0.15, 0.2) is 5.75 Å². The number of carbonyl (C=O) groups is 1. The average molecular weight is 497 g/mol. The standard InChI is InChI=1S/C33H24N2O3/c1-21-15-17-23(18-16-21)28-29(24-10-3-2-4-11-24)35-31(30-25-12-6-5-9-22(25)19-20-34-30)32(28)38-27-14-8-7-13-26(27)33(36)37/h2-20,35H,1H3,(H,36,37). The predicted molar refractivity (Wildman–Crippen MR) is 151 cm³/mol. The van der Waals surface area contributed by atoms with Crippen LogP contribution in [0.1, 0.15) is 15.9 Å². The number of aromatic nitrogens is 2. The Morgan fingerprint density at radius 3 is 2.26 bits per heavy atom. The Kier molecular flexibility index (Phi) is 5.94. The Hall–Kier alpha value is -5.16. The predicted octanol–water partition coefficient (Wildman–Crippen LogP) is 8.36. The van der Waals surface area contributed by atoms with Crippen LogP contribution < -0.4 is 4.74 Å². The van der Waals surface area contributed by atoms with E-state index in [2.05, 4.69) is 29.2 Å². The molecule has 38 heavy (non-hydrogen) atoms. The Morgan fingerprint density at radius 1 is 0.763 bits per heavy atom. The summed E-state index contributed by atoms with van der Waals surface area (Å²) >= 11 is 0. The van der Waals surface area contributed by atoms with Crippen molar-refractivity contribution in [1.82, 2.24) is 9.97 Å². The maximum Gasteiger partial charge on any atom is 0.339 e. The molecule has 5 heteroatoms. The number of nitrogens with zero attached hydrogens (tertiary/aromatic N) is 1. The lowest BCUT2D eigenvalue weighted by Crippen LogP contribution is -2.00. The number of benzene rings is 4. The van der Waals surface area contributed by atoms with Crippen molar-refractivity contribution in [3.8, 4) is 45.3 Å². The van der Waals surface area contributed by atoms with E-state index in [1.807, 2.05) is 67.6 Å². The summed E-state index contributed by atoms with van der Waals surface area (Å²) in [4.78, 5) is 20.4. The van der Waals surface area contributed by atoms with Crippen molar-refractivity contribution >= 4 is 16.7 Å². The van der Waals surface area contributed by atoms with Crippen LogP contribution in [0.25, 0.3) is 44.5 Å². The molecule has 0 saturated heterocycles. The van der Waals surface area contributed by atoms with E-state index in [9.17, 15) is 9.90 Å². The monoisotopic (exact) mass is 496 g/mol. The molecule has 184 valence electrons. The smallest absolute Gasteiger partial charge is 0.339 e. The molecule has 0 saturated carbocycles. The molecular formula is C33H24N2O3. The molecule has 5 nitrogen and oxygen atoms in total. The number of rotatable bonds is 6. The van der Waals surface area contributed by atoms with E-state index in [1.165, 1.54) is 0 Å². The SMILES string of the molecule is Cc1ccc(-c2c(-c3ccccc3)[nH]c(-c3nccc4ccccc34)c2Oc2ccccc2C(=O)O)cc1. The van der Waals surface area contributed by atoms with Gasteiger partial charge in [-0.3, -0.25) is 4.98 Å². The number of para-hydroxylation sites is 1. The third-order valence-corrected chi connectivity index (χ3v) is 6.60. The summed E-state index contributed by atoms with van der Waals surface area (Å²) in [5.41, 5.74) is 6.24. The number of H-pyrrole nitrogens is 1. The Balaban J connectivity index is 1.70. The minimum Gasteiger partial charge on any atom is -0.478 e. The summed E-state index contributed by atoms with van der Waals surface area (Å²) < 4.78 is 6.57. The van der Waals surface area contributed by atoms with Crippen LogP contribution in [0.5, 0.6) is 11.5 Å². The number of hydrogen-bond acceptors (Lipinski definition) is 3. The molecule has 0 spiro atoms. The van der Waals surface area contributed by atoms with E-state index in [1.54, 1.807) is 30.5 Å². The molecule has 0 bridgehead atoms. The fraction of sp³-hybridized carbons (Fsp3) is 0.0303. The number of aromatic carboxylic acids is 1. The maximum atomic E-state index is 12.1. The number of nitrogens with one attached hydrogen (secondary N) is 1. The van der Waals surface area contributed by atoms with E-state index >= 15 is 0 Å². The molecule has 2 aromatic heterocycles. The average Bonchev–Trinajstić information content (AvgIpc) is 3.32. The molecule has 0 atom stereocenters. The van der Waals surface area contributed by atoms with Gasteiger partial charge in [-0.25, -0.2) is 4.79 Å². The van der Waals surface area contributed by atoms with Gasteiger partial charge in [0.2, 0.25) is 0 Å². The van der Waals surface area contributed by atoms with Gasteiger partial charge in [-0.2, -0.15) is 0 Å². The van der Waals surface area contributed by atoms with Crippen LogP contribution in [0.2, 0.25) is 0 Å². The van der Waals surface area contributed by atoms with Gasteiger partial charge in [-0.15, -0.1) is 0 Å². The minimum atomic E-state index is -1.05. The van der Waals surface area contributed by atoms with Gasteiger partial charge < -0.3 is 14.8 Å². The number of fused-ring (bicyclic) bond motifs is 1. The second kappa shape index (κ2) is 9.71. The second-order valence-electron chi connectivity index (χ2n) is 9.10. The lowest BCUT2D eigenvalue weighted by molar-refractivity contribution is 0.0694. The molecule has 0 unspecified atom stereocenters. The maximum absolute atomic E-state index is 12.1. The highest BCUT2D eigenvalue weighted by Crippen LogP contribution is 2.48. The lowest BCUT2D eigenvalue weighted by Gasteiger charge is -2.13. The van der Waals surface area contributed by atoms with Crippen LogP contribution >= 0.6 is 0 Å². The third-order valence-electron chi connectivity index (χ3n) is 6.60. The van der Waals surface area contributed by atoms with Crippen molar-refractivity contribution in [1.29, 1.82) is 0 Å². The molecule has 0 aliphatic rings. The largest absolute Gasteiger partial charge is 0.478 e. The number of ether oxygens (including phenoxy) is 1. The van der Waals surface area contributed by atoms with Crippen molar-refractivity contribution in [3.05, 3.63) is 127 Å². The summed E-state index contributed by atoms with van der Waals surface area (Å²) in [7, 11) is 0. The van der Waals surface area contributed by atoms with Crippen molar-refractivity contribution in [2.45, 2.75) is 6.92 Å². The molecule has 4 aromatic carbocycles. The molecule has 2 N–H and O–H groups in total. The Labute approximate surface area is 220 Å². The summed E-state index contributed by atoms with van der Waals surface area (Å²) in [5, 5.41) is 11.9. The van der Waals surface area contributed by atoms with Crippen molar-refractivity contribution in [2.24, 2.45) is 0 Å². The van der Waals surface area contributed by atoms with E-state index in [4.69, 9.17) is 9.72 Å². The van der Waals surface area contributed by atoms with Crippen molar-refractivity contribution in [2.75, 3.05) is 0 Å². The summed E-state index contributed by atoms with van der Waals surface area (Å²) in [5.74, 6) is -0.278. The second-order valence-corrected chi connectivity index (χ2v) is 9.10. The van der Waals surface area contributed by atoms with Gasteiger partial charge in [-0.1, -0.05) is 96.6 Å². The zero-order valence-corrected chi connectivity index (χ0v) is 20.7. The van der Waals surface area contributed by atoms with Crippen LogP contribution in [0.15, 0.2) is 115 Å². The highest BCUT2D eigenvalue weighted by Gasteiger charge is 2.26. The molecule has 2 heterocycles. The number of aromatic amines is 1. The molecule has 6 rings (SSSR count). The fourth-order valence-corrected chi connectivity index (χ4v) is 4.73. The van der Waals surface area contributed by atoms with Crippen LogP contribution in [-0.2, 0) is 0 Å². The fourth-order valence-electron chi connectivity index (χ4n) is 4.73. The number of hydrogen-bond donors (Lipinski definition) is 2. The zero-order chi connectivity index (χ0) is 26.1. The van der Waals surface area contributed by atoms with Gasteiger partial charge in [0.25, 0.3) is 0 Å². The van der Waals surface area contributed by atoms with Gasteiger partial charge >= 0.3 is 5.97 Å². The Bertz CT molecular complexity index is 1770. The highest BCUT2D eigenvalue weighted by atomic mass is 16.5. The molecule has 0 aliphatic heterocycles. The van der Waals surface area contributed by atoms with Crippen LogP contribution in [0.3, 0.4) is 0 Å². The van der Waals surface area contributed by atoms with Crippen molar-refractivity contribution in [3.63, 3.8) is 0 Å². The van der Waals surface area contributed by atoms with E-state index in [0.717, 1.165) is 44.4 Å². The quantitative estimate of drug-likeness (QED) is 0.243. The number of carboxylic acid groups (broad SMARTS) is 1. The number of carboxylic acids is 1. The molecular weight excluding hydrogens is 472 g/mol. The van der Waals surface area contributed by atoms with E-state index < -0.39 is 5.97 Å². The van der Waals surface area contributed by atoms with Crippen LogP contribution in [-0.4, -0.2) is 21.0 Å². The van der Waals surface area contributed by atoms with Gasteiger partial charge in [0.05, 0.1) is 17.0 Å². The lowest BCUT2D eigenvalue weighted by atomic mass is 9.99. The first-order valence-electron chi connectivity index (χ1n) is 12.3. The molecule has 0 amide bonds. The molecule has 0 aliphatic carbocycles. The highest BCUT2D eigenvalue weighted by molar-refractivity contribution is 6.00. The Morgan fingerprint density at radius 2 is 1.47 bits per heavy atom. The minimum absolute atomic E-state index is 0.0849. The topological polar surface area (TPSA) is 75.2 Å². The first kappa shape index (κ1) is 23.3. The molecule has 6 aromatic rings. The normalized spacial score (nSPS) is 11.0. The zero-order valence-electron chi connectivity index (χ0n) is 20.7. The first-order chi connectivity index (χ1) is 18.6. The number of pyridine rings is 1. The van der Waals surface area contributed by atoms with Gasteiger partial charge in [-0.05, 0) is 41.6 Å². The van der Waals surface area contributed by atoms with E-state index in [0.29, 0.717) is 11.4 Å². The van der Waals surface area contributed by atoms with Crippen LogP contribution in [0, 0.1) is 6.92 Å². The summed E-state index contributed by atoms with van der Waals surface area (Å²) in [6.45, 7) is 2.05. The summed E-state index contributed by atoms with van der Waals surface area (Å²) in [6, 6.07) is 35.0. The van der Waals surface area contributed by atoms with Gasteiger partial charge in [0.1, 0.15) is 17.0 Å². The summed E-state index contributed by atoms with van der Waals surface area (Å²) in [6.07, 6.45) is 1.78. The van der Waals surface area contributed by atoms with E-state index in [-0.39, 0.29) is 11.3 Å². The molecule has 0 fully saturated rings. The first-order valence-corrected chi connectivity index (χ1v) is 12.3. The molecule has 0 radical (unpaired) electrons. The third kappa shape index (κ3) is 4.20. The van der Waals surface area contributed by atoms with Gasteiger partial charge in [0, 0.05) is 11.6 Å². The van der Waals surface area contributed by atoms with Crippen molar-refractivity contribution < 1.29 is 14.6 Å².